The van der Waals surface area contributed by atoms with Gasteiger partial charge in [-0.05, 0) is 62.4 Å². The zero-order valence-electron chi connectivity index (χ0n) is 15.6. The fraction of sp³-hybridized carbons (Fsp3) is 0.250. The van der Waals surface area contributed by atoms with Gasteiger partial charge >= 0.3 is 18.1 Å². The second-order valence-corrected chi connectivity index (χ2v) is 6.23. The van der Waals surface area contributed by atoms with Crippen LogP contribution in [0.3, 0.4) is 0 Å². The van der Waals surface area contributed by atoms with Gasteiger partial charge in [-0.15, -0.1) is 0 Å². The van der Waals surface area contributed by atoms with Crippen LogP contribution in [0.15, 0.2) is 48.5 Å². The van der Waals surface area contributed by atoms with Gasteiger partial charge in [-0.3, -0.25) is 4.79 Å². The predicted molar refractivity (Wildman–Crippen MR) is 97.3 cm³/mol. The van der Waals surface area contributed by atoms with Crippen molar-refractivity contribution >= 4 is 23.5 Å². The number of halogens is 3. The molecule has 2 aromatic carbocycles. The average molecular weight is 409 g/mol. The quantitative estimate of drug-likeness (QED) is 0.728. The van der Waals surface area contributed by atoms with Gasteiger partial charge < -0.3 is 14.8 Å². The number of nitrogens with one attached hydrogen (secondary N) is 1. The van der Waals surface area contributed by atoms with Crippen molar-refractivity contribution < 1.29 is 37.0 Å². The van der Waals surface area contributed by atoms with Crippen LogP contribution < -0.4 is 5.32 Å². The maximum atomic E-state index is 12.5. The molecule has 0 aliphatic rings. The molecule has 6 nitrogen and oxygen atoms in total. The molecule has 0 heterocycles. The van der Waals surface area contributed by atoms with Gasteiger partial charge in [0.05, 0.1) is 22.8 Å². The SMILES string of the molecule is CC(C)OC(=O)c1ccc(NC(=O)COC(=O)c2ccc(C(F)(F)F)cc2)cc1. The molecule has 2 aromatic rings. The summed E-state index contributed by atoms with van der Waals surface area (Å²) in [7, 11) is 0. The van der Waals surface area contributed by atoms with Crippen LogP contribution >= 0.6 is 0 Å². The molecule has 0 aromatic heterocycles. The maximum Gasteiger partial charge on any atom is 0.416 e. The number of hydrogen-bond donors (Lipinski definition) is 1. The molecule has 1 N–H and O–H groups in total. The number of ether oxygens (including phenoxy) is 2. The molecule has 0 fully saturated rings. The number of rotatable bonds is 6. The number of alkyl halides is 3. The van der Waals surface area contributed by atoms with Crippen molar-refractivity contribution in [3.63, 3.8) is 0 Å². The second kappa shape index (κ2) is 9.22. The molecule has 9 heteroatoms. The molecule has 0 atom stereocenters. The predicted octanol–water partition coefficient (Wildman–Crippen LogP) is 4.07. The normalized spacial score (nSPS) is 11.1. The molecule has 0 aliphatic heterocycles. The third-order valence-electron chi connectivity index (χ3n) is 3.53. The minimum atomic E-state index is -4.51. The number of carbonyl (C=O) groups is 3. The second-order valence-electron chi connectivity index (χ2n) is 6.23. The zero-order chi connectivity index (χ0) is 21.6. The summed E-state index contributed by atoms with van der Waals surface area (Å²) in [6.07, 6.45) is -4.77. The number of amides is 1. The summed E-state index contributed by atoms with van der Waals surface area (Å²) in [5, 5.41) is 2.47. The van der Waals surface area contributed by atoms with Crippen LogP contribution in [0.5, 0.6) is 0 Å². The van der Waals surface area contributed by atoms with Crippen LogP contribution in [0.25, 0.3) is 0 Å². The van der Waals surface area contributed by atoms with E-state index in [4.69, 9.17) is 9.47 Å². The van der Waals surface area contributed by atoms with Gasteiger partial charge in [-0.25, -0.2) is 9.59 Å². The molecule has 0 saturated heterocycles. The van der Waals surface area contributed by atoms with E-state index >= 15 is 0 Å². The summed E-state index contributed by atoms with van der Waals surface area (Å²) in [5.74, 6) is -2.08. The van der Waals surface area contributed by atoms with Crippen LogP contribution in [0.2, 0.25) is 0 Å². The fourth-order valence-corrected chi connectivity index (χ4v) is 2.18. The minimum Gasteiger partial charge on any atom is -0.459 e. The summed E-state index contributed by atoms with van der Waals surface area (Å²) < 4.78 is 47.4. The number of benzene rings is 2. The Bertz CT molecular complexity index is 874. The first kappa shape index (κ1) is 21.9. The highest BCUT2D eigenvalue weighted by atomic mass is 19.4. The van der Waals surface area contributed by atoms with Gasteiger partial charge in [0.1, 0.15) is 0 Å². The Morgan fingerprint density at radius 1 is 0.897 bits per heavy atom. The lowest BCUT2D eigenvalue weighted by Crippen LogP contribution is -2.21. The summed E-state index contributed by atoms with van der Waals surface area (Å²) in [6.45, 7) is 2.81. The Hall–Kier alpha value is -3.36. The van der Waals surface area contributed by atoms with Crippen LogP contribution in [0.1, 0.15) is 40.1 Å². The lowest BCUT2D eigenvalue weighted by atomic mass is 10.1. The molecule has 0 radical (unpaired) electrons. The highest BCUT2D eigenvalue weighted by Crippen LogP contribution is 2.29. The van der Waals surface area contributed by atoms with E-state index < -0.39 is 36.2 Å². The van der Waals surface area contributed by atoms with E-state index in [1.165, 1.54) is 24.3 Å². The van der Waals surface area contributed by atoms with Gasteiger partial charge in [-0.1, -0.05) is 0 Å². The summed E-state index contributed by atoms with van der Waals surface area (Å²) in [4.78, 5) is 35.5. The Balaban J connectivity index is 1.86. The standard InChI is InChI=1S/C20H18F3NO5/c1-12(2)29-19(27)14-5-9-16(10-6-14)24-17(25)11-28-18(26)13-3-7-15(8-4-13)20(21,22)23/h3-10,12H,11H2,1-2H3,(H,24,25). The summed E-state index contributed by atoms with van der Waals surface area (Å²) in [6, 6.07) is 9.34. The third kappa shape index (κ3) is 6.63. The van der Waals surface area contributed by atoms with Crippen molar-refractivity contribution in [1.29, 1.82) is 0 Å². The topological polar surface area (TPSA) is 81.7 Å². The van der Waals surface area contributed by atoms with Gasteiger partial charge in [0.25, 0.3) is 5.91 Å². The van der Waals surface area contributed by atoms with E-state index in [1.807, 2.05) is 0 Å². The smallest absolute Gasteiger partial charge is 0.416 e. The van der Waals surface area contributed by atoms with Crippen LogP contribution in [0, 0.1) is 0 Å². The van der Waals surface area contributed by atoms with Crippen LogP contribution in [-0.4, -0.2) is 30.6 Å². The first-order valence-corrected chi connectivity index (χ1v) is 8.51. The van der Waals surface area contributed by atoms with E-state index in [0.29, 0.717) is 11.3 Å². The van der Waals surface area contributed by atoms with Crippen LogP contribution in [-0.2, 0) is 20.4 Å². The molecule has 29 heavy (non-hydrogen) atoms. The molecule has 2 rings (SSSR count). The van der Waals surface area contributed by atoms with Gasteiger partial charge in [0.15, 0.2) is 6.61 Å². The molecule has 0 spiro atoms. The molecule has 0 saturated carbocycles. The molecule has 154 valence electrons. The Morgan fingerprint density at radius 3 is 1.93 bits per heavy atom. The lowest BCUT2D eigenvalue weighted by Gasteiger charge is -2.10. The van der Waals surface area contributed by atoms with Gasteiger partial charge in [-0.2, -0.15) is 13.2 Å². The Labute approximate surface area is 164 Å². The highest BCUT2D eigenvalue weighted by molar-refractivity contribution is 5.96. The first-order chi connectivity index (χ1) is 13.6. The van der Waals surface area contributed by atoms with Crippen molar-refractivity contribution in [2.75, 3.05) is 11.9 Å². The summed E-state index contributed by atoms with van der Waals surface area (Å²) >= 11 is 0. The number of hydrogen-bond acceptors (Lipinski definition) is 5. The van der Waals surface area contributed by atoms with Crippen molar-refractivity contribution in [3.8, 4) is 0 Å². The number of anilines is 1. The average Bonchev–Trinajstić information content (AvgIpc) is 2.65. The monoisotopic (exact) mass is 409 g/mol. The molecular formula is C20H18F3NO5. The molecule has 0 aliphatic carbocycles. The van der Waals surface area contributed by atoms with E-state index in [1.54, 1.807) is 13.8 Å². The lowest BCUT2D eigenvalue weighted by molar-refractivity contribution is -0.137. The third-order valence-corrected chi connectivity index (χ3v) is 3.53. The largest absolute Gasteiger partial charge is 0.459 e. The molecule has 0 unspecified atom stereocenters. The van der Waals surface area contributed by atoms with Crippen molar-refractivity contribution in [1.82, 2.24) is 0 Å². The fourth-order valence-electron chi connectivity index (χ4n) is 2.18. The van der Waals surface area contributed by atoms with E-state index in [2.05, 4.69) is 5.32 Å². The van der Waals surface area contributed by atoms with Crippen LogP contribution in [0.4, 0.5) is 18.9 Å². The highest BCUT2D eigenvalue weighted by Gasteiger charge is 2.30. The van der Waals surface area contributed by atoms with Gasteiger partial charge in [0, 0.05) is 5.69 Å². The maximum absolute atomic E-state index is 12.5. The van der Waals surface area contributed by atoms with Crippen molar-refractivity contribution in [2.24, 2.45) is 0 Å². The zero-order valence-corrected chi connectivity index (χ0v) is 15.6. The number of carbonyl (C=O) groups excluding carboxylic acids is 3. The Kier molecular flexibility index (Phi) is 6.98. The van der Waals surface area contributed by atoms with E-state index in [9.17, 15) is 27.6 Å². The van der Waals surface area contributed by atoms with Crippen molar-refractivity contribution in [3.05, 3.63) is 65.2 Å². The Morgan fingerprint density at radius 2 is 1.41 bits per heavy atom. The minimum absolute atomic E-state index is 0.112. The summed E-state index contributed by atoms with van der Waals surface area (Å²) in [5.41, 5.74) is -0.335. The van der Waals surface area contributed by atoms with E-state index in [0.717, 1.165) is 24.3 Å². The molecule has 1 amide bonds. The first-order valence-electron chi connectivity index (χ1n) is 8.51. The number of esters is 2. The van der Waals surface area contributed by atoms with Gasteiger partial charge in [0.2, 0.25) is 0 Å². The van der Waals surface area contributed by atoms with Crippen molar-refractivity contribution in [2.45, 2.75) is 26.1 Å². The van der Waals surface area contributed by atoms with E-state index in [-0.39, 0.29) is 11.7 Å². The molecule has 0 bridgehead atoms. The molecular weight excluding hydrogens is 391 g/mol.